The molecule has 2 aromatic rings. The lowest BCUT2D eigenvalue weighted by atomic mass is 9.45. The number of likely N-dealkylation sites (tertiary alicyclic amines) is 2. The average molecular weight is 704 g/mol. The highest BCUT2D eigenvalue weighted by molar-refractivity contribution is 5.97. The van der Waals surface area contributed by atoms with Gasteiger partial charge in [-0.15, -0.1) is 0 Å². The molecule has 5 aliphatic rings. The molecular weight excluding hydrogens is 642 g/mol. The molecular formula is C41H61N5O5. The molecule has 0 aromatic heterocycles. The second-order valence-corrected chi connectivity index (χ2v) is 16.6. The van der Waals surface area contributed by atoms with Gasteiger partial charge in [-0.2, -0.15) is 0 Å². The molecule has 9 atom stereocenters. The number of β-amino-alcohol motifs (C(OH)–C–C–N with tert-alkyl or cyclic N) is 1. The predicted octanol–water partition coefficient (Wildman–Crippen LogP) is 4.37. The minimum Gasteiger partial charge on any atom is -0.496 e. The fraction of sp³-hybridized carbons (Fsp3) is 0.659. The summed E-state index contributed by atoms with van der Waals surface area (Å²) in [5.74, 6) is 1.37. The molecule has 10 nitrogen and oxygen atoms in total. The van der Waals surface area contributed by atoms with Crippen molar-refractivity contribution in [2.75, 3.05) is 52.3 Å². The van der Waals surface area contributed by atoms with E-state index < -0.39 is 24.2 Å². The van der Waals surface area contributed by atoms with E-state index in [1.165, 1.54) is 6.42 Å². The molecule has 10 heteroatoms. The van der Waals surface area contributed by atoms with Crippen LogP contribution in [0.1, 0.15) is 76.2 Å². The maximum Gasteiger partial charge on any atom is 0.251 e. The summed E-state index contributed by atoms with van der Waals surface area (Å²) < 4.78 is 6.09. The Morgan fingerprint density at radius 2 is 1.90 bits per heavy atom. The number of likely N-dealkylation sites (N-methyl/N-ethyl adjacent to an activating group) is 1. The Morgan fingerprint density at radius 3 is 2.55 bits per heavy atom. The topological polar surface area (TPSA) is 118 Å². The lowest BCUT2D eigenvalue weighted by Crippen LogP contribution is -2.62. The Labute approximate surface area is 304 Å². The van der Waals surface area contributed by atoms with Crippen molar-refractivity contribution in [3.05, 3.63) is 47.5 Å². The van der Waals surface area contributed by atoms with Crippen molar-refractivity contribution in [1.82, 2.24) is 20.4 Å². The number of para-hydroxylation sites is 1. The van der Waals surface area contributed by atoms with Crippen LogP contribution in [0, 0.1) is 29.1 Å². The zero-order chi connectivity index (χ0) is 36.8. The fourth-order valence-electron chi connectivity index (χ4n) is 10.0. The Morgan fingerprint density at radius 1 is 1.14 bits per heavy atom. The van der Waals surface area contributed by atoms with Crippen molar-refractivity contribution in [3.8, 4) is 16.9 Å². The summed E-state index contributed by atoms with van der Waals surface area (Å²) in [5.41, 5.74) is 4.35. The molecule has 2 amide bonds. The van der Waals surface area contributed by atoms with Crippen LogP contribution in [0.15, 0.2) is 36.4 Å². The quantitative estimate of drug-likeness (QED) is 0.258. The number of benzene rings is 2. The number of anilines is 1. The van der Waals surface area contributed by atoms with Gasteiger partial charge in [0.25, 0.3) is 5.91 Å². The number of nitrogens with zero attached hydrogens (tertiary/aromatic N) is 3. The zero-order valence-corrected chi connectivity index (χ0v) is 32.0. The number of ether oxygens (including phenoxy) is 1. The maximum atomic E-state index is 14.2. The van der Waals surface area contributed by atoms with Gasteiger partial charge in [0, 0.05) is 74.1 Å². The van der Waals surface area contributed by atoms with Crippen LogP contribution in [-0.4, -0.2) is 110 Å². The van der Waals surface area contributed by atoms with E-state index in [1.807, 2.05) is 54.2 Å². The predicted molar refractivity (Wildman–Crippen MR) is 202 cm³/mol. The van der Waals surface area contributed by atoms with Gasteiger partial charge in [-0.05, 0) is 92.6 Å². The van der Waals surface area contributed by atoms with E-state index in [9.17, 15) is 19.8 Å². The van der Waals surface area contributed by atoms with Gasteiger partial charge in [0.2, 0.25) is 5.91 Å². The number of hydrogen-bond donors (Lipinski definition) is 4. The van der Waals surface area contributed by atoms with Gasteiger partial charge in [0.1, 0.15) is 5.75 Å². The number of amides is 2. The first kappa shape index (κ1) is 37.6. The molecule has 280 valence electrons. The van der Waals surface area contributed by atoms with Crippen molar-refractivity contribution >= 4 is 17.5 Å². The highest BCUT2D eigenvalue weighted by Gasteiger charge is 2.57. The third-order valence-corrected chi connectivity index (χ3v) is 13.2. The second-order valence-electron chi connectivity index (χ2n) is 16.6. The summed E-state index contributed by atoms with van der Waals surface area (Å²) in [7, 11) is 5.57. The Kier molecular flexibility index (Phi) is 11.1. The number of rotatable bonds is 12. The first-order valence-corrected chi connectivity index (χ1v) is 19.2. The van der Waals surface area contributed by atoms with Crippen LogP contribution in [0.2, 0.25) is 0 Å². The Balaban J connectivity index is 1.25. The molecule has 1 unspecified atom stereocenters. The molecule has 2 aromatic carbocycles. The monoisotopic (exact) mass is 703 g/mol. The molecule has 3 saturated carbocycles. The first-order chi connectivity index (χ1) is 24.2. The molecule has 2 saturated heterocycles. The largest absolute Gasteiger partial charge is 0.496 e. The van der Waals surface area contributed by atoms with Crippen molar-refractivity contribution in [3.63, 3.8) is 0 Å². The van der Waals surface area contributed by atoms with Gasteiger partial charge >= 0.3 is 0 Å². The summed E-state index contributed by atoms with van der Waals surface area (Å²) in [6.07, 6.45) is 2.73. The molecule has 3 aliphatic carbocycles. The lowest BCUT2D eigenvalue weighted by Gasteiger charge is -2.62. The van der Waals surface area contributed by atoms with Crippen LogP contribution in [0.5, 0.6) is 5.75 Å². The SMILES string of the molecule is CCN1CCC[C@@H]1CNC(=O)c1cc(-c2cccc(CN3C[C@H](O)[C@@H](C(C)O)[C@H]3C(=O)N[C@H]3C[C@H]4C[C@@H]([C@@H]3C)C4(C)C)c2OC)cc(N(C)C)c1. The number of carbonyl (C=O) groups is 2. The Bertz CT molecular complexity index is 1580. The number of aliphatic hydroxyl groups excluding tert-OH is 2. The summed E-state index contributed by atoms with van der Waals surface area (Å²) in [5, 5.41) is 28.6. The van der Waals surface area contributed by atoms with Crippen LogP contribution >= 0.6 is 0 Å². The van der Waals surface area contributed by atoms with E-state index in [0.717, 1.165) is 54.7 Å². The molecule has 0 spiro atoms. The number of hydrogen-bond acceptors (Lipinski definition) is 8. The van der Waals surface area contributed by atoms with Gasteiger partial charge < -0.3 is 30.5 Å². The molecule has 0 radical (unpaired) electrons. The minimum atomic E-state index is -0.859. The molecule has 51 heavy (non-hydrogen) atoms. The number of fused-ring (bicyclic) bond motifs is 2. The molecule has 5 fully saturated rings. The van der Waals surface area contributed by atoms with Gasteiger partial charge in [0.15, 0.2) is 0 Å². The molecule has 2 bridgehead atoms. The third kappa shape index (κ3) is 7.26. The van der Waals surface area contributed by atoms with Crippen molar-refractivity contribution in [1.29, 1.82) is 0 Å². The number of methoxy groups -OCH3 is 1. The zero-order valence-electron chi connectivity index (χ0n) is 32.0. The second kappa shape index (κ2) is 15.0. The smallest absolute Gasteiger partial charge is 0.251 e. The van der Waals surface area contributed by atoms with E-state index in [2.05, 4.69) is 49.3 Å². The van der Waals surface area contributed by atoms with Crippen molar-refractivity contribution < 1.29 is 24.5 Å². The molecule has 2 aliphatic heterocycles. The van der Waals surface area contributed by atoms with Gasteiger partial charge in [-0.3, -0.25) is 19.4 Å². The van der Waals surface area contributed by atoms with Crippen molar-refractivity contribution in [2.24, 2.45) is 29.1 Å². The summed E-state index contributed by atoms with van der Waals surface area (Å²) in [6.45, 7) is 14.1. The highest BCUT2D eigenvalue weighted by atomic mass is 16.5. The van der Waals surface area contributed by atoms with E-state index in [0.29, 0.717) is 53.6 Å². The van der Waals surface area contributed by atoms with Crippen LogP contribution in [0.25, 0.3) is 11.1 Å². The maximum absolute atomic E-state index is 14.2. The number of carbonyl (C=O) groups excluding carboxylic acids is 2. The normalized spacial score (nSPS) is 30.8. The molecule has 4 N–H and O–H groups in total. The first-order valence-electron chi connectivity index (χ1n) is 19.2. The summed E-state index contributed by atoms with van der Waals surface area (Å²) in [4.78, 5) is 34.2. The third-order valence-electron chi connectivity index (χ3n) is 13.2. The van der Waals surface area contributed by atoms with E-state index in [-0.39, 0.29) is 24.4 Å². The Hall–Kier alpha value is -3.18. The summed E-state index contributed by atoms with van der Waals surface area (Å²) >= 11 is 0. The number of aliphatic hydroxyl groups is 2. The van der Waals surface area contributed by atoms with Crippen molar-refractivity contribution in [2.45, 2.75) is 97.2 Å². The fourth-order valence-corrected chi connectivity index (χ4v) is 10.0. The van der Waals surface area contributed by atoms with Crippen LogP contribution < -0.4 is 20.3 Å². The average Bonchev–Trinajstić information content (AvgIpc) is 3.70. The summed E-state index contributed by atoms with van der Waals surface area (Å²) in [6, 6.07) is 11.6. The van der Waals surface area contributed by atoms with Gasteiger partial charge in [-0.1, -0.05) is 45.9 Å². The van der Waals surface area contributed by atoms with Crippen LogP contribution in [0.3, 0.4) is 0 Å². The van der Waals surface area contributed by atoms with E-state index >= 15 is 0 Å². The number of nitrogens with one attached hydrogen (secondary N) is 2. The lowest BCUT2D eigenvalue weighted by molar-refractivity contribution is -0.139. The highest BCUT2D eigenvalue weighted by Crippen LogP contribution is 2.61. The van der Waals surface area contributed by atoms with Crippen LogP contribution in [0.4, 0.5) is 5.69 Å². The van der Waals surface area contributed by atoms with E-state index in [1.54, 1.807) is 14.0 Å². The molecule has 2 heterocycles. The van der Waals surface area contributed by atoms with Gasteiger partial charge in [-0.25, -0.2) is 0 Å². The molecule has 7 rings (SSSR count). The standard InChI is InChI=1S/C41H61N5O5/c1-9-45-15-11-13-30(45)21-42-39(49)28-16-27(17-31(18-28)44(6)7)32-14-10-12-26(38(32)51-8)22-46-23-35(48)36(25(3)47)37(46)40(50)43-34-20-29-19-33(24(34)2)41(29,4)5/h10,12,14,16-18,24-25,29-30,33-37,47-48H,9,11,13,15,19-23H2,1-8H3,(H,42,49)(H,43,50)/t24-,25?,29+,30+,33-,34-,35-,36+,37-/m0/s1. The van der Waals surface area contributed by atoms with Gasteiger partial charge in [0.05, 0.1) is 25.4 Å². The minimum absolute atomic E-state index is 0.0838. The van der Waals surface area contributed by atoms with E-state index in [4.69, 9.17) is 4.74 Å². The van der Waals surface area contributed by atoms with Crippen LogP contribution in [-0.2, 0) is 11.3 Å².